The Kier molecular flexibility index (Phi) is 4.62. The van der Waals surface area contributed by atoms with Gasteiger partial charge in [-0.15, -0.1) is 0 Å². The minimum Gasteiger partial charge on any atom is -0.466 e. The fourth-order valence-corrected chi connectivity index (χ4v) is 4.64. The van der Waals surface area contributed by atoms with Gasteiger partial charge in [0, 0.05) is 29.9 Å². The number of hydrogen-bond donors (Lipinski definition) is 0. The lowest BCUT2D eigenvalue weighted by atomic mass is 9.89. The van der Waals surface area contributed by atoms with Gasteiger partial charge in [-0.25, -0.2) is 4.79 Å². The topological polar surface area (TPSA) is 91.6 Å². The molecule has 8 heteroatoms. The number of nitrogens with zero attached hydrogens (tertiary/aromatic N) is 4. The number of benzene rings is 2. The van der Waals surface area contributed by atoms with Gasteiger partial charge in [-0.1, -0.05) is 26.0 Å². The molecule has 8 nitrogen and oxygen atoms in total. The molecule has 0 aliphatic carbocycles. The van der Waals surface area contributed by atoms with Crippen molar-refractivity contribution >= 4 is 46.1 Å². The van der Waals surface area contributed by atoms with Crippen LogP contribution in [0.4, 0.5) is 10.5 Å². The second kappa shape index (κ2) is 7.25. The van der Waals surface area contributed by atoms with Gasteiger partial charge in [0.05, 0.1) is 11.4 Å². The summed E-state index contributed by atoms with van der Waals surface area (Å²) in [4.78, 5) is 42.0. The molecule has 2 aromatic rings. The van der Waals surface area contributed by atoms with Gasteiger partial charge in [0.2, 0.25) is 0 Å². The number of imide groups is 2. The van der Waals surface area contributed by atoms with Gasteiger partial charge >= 0.3 is 6.03 Å². The highest BCUT2D eigenvalue weighted by Gasteiger charge is 2.59. The Hall–Kier alpha value is -3.55. The molecule has 1 fully saturated rings. The lowest BCUT2D eigenvalue weighted by molar-refractivity contribution is -0.166. The molecule has 2 aromatic carbocycles. The molecule has 0 radical (unpaired) electrons. The van der Waals surface area contributed by atoms with Crippen molar-refractivity contribution in [3.63, 3.8) is 0 Å². The third kappa shape index (κ3) is 2.71. The zero-order valence-electron chi connectivity index (χ0n) is 18.3. The van der Waals surface area contributed by atoms with E-state index >= 15 is 0 Å². The minimum absolute atomic E-state index is 0.0685. The van der Waals surface area contributed by atoms with Crippen molar-refractivity contribution in [1.82, 2.24) is 9.80 Å². The van der Waals surface area contributed by atoms with Crippen LogP contribution in [0.5, 0.6) is 5.75 Å². The van der Waals surface area contributed by atoms with E-state index < -0.39 is 23.4 Å². The van der Waals surface area contributed by atoms with Crippen LogP contribution < -0.4 is 15.2 Å². The maximum atomic E-state index is 13.4. The fraction of sp³-hybridized carbons (Fsp3) is 0.375. The molecule has 0 unspecified atom stereocenters. The van der Waals surface area contributed by atoms with Crippen LogP contribution >= 0.6 is 0 Å². The number of azo groups is 1. The monoisotopic (exact) mass is 432 g/mol. The first-order valence-corrected chi connectivity index (χ1v) is 11.0. The summed E-state index contributed by atoms with van der Waals surface area (Å²) in [5.74, 6) is -0.712. The fourth-order valence-electron chi connectivity index (χ4n) is 4.64. The molecule has 0 atom stereocenters. The minimum atomic E-state index is -1.75. The summed E-state index contributed by atoms with van der Waals surface area (Å²) < 4.78 is 6.22. The summed E-state index contributed by atoms with van der Waals surface area (Å²) in [6.07, 6.45) is 3.15. The summed E-state index contributed by atoms with van der Waals surface area (Å²) in [6, 6.07) is 7.11. The Bertz CT molecular complexity index is 1320. The quantitative estimate of drug-likeness (QED) is 0.695. The zero-order valence-corrected chi connectivity index (χ0v) is 18.3. The molecule has 1 saturated heterocycles. The van der Waals surface area contributed by atoms with E-state index in [-0.39, 0.29) is 19.5 Å². The highest BCUT2D eigenvalue weighted by Crippen LogP contribution is 2.34. The zero-order chi connectivity index (χ0) is 22.6. The number of urea groups is 1. The highest BCUT2D eigenvalue weighted by molar-refractivity contribution is 6.22. The average Bonchev–Trinajstić information content (AvgIpc) is 3.16. The van der Waals surface area contributed by atoms with E-state index in [2.05, 4.69) is 10.2 Å². The second-order valence-corrected chi connectivity index (χ2v) is 8.39. The van der Waals surface area contributed by atoms with Crippen LogP contribution in [-0.2, 0) is 9.59 Å². The van der Waals surface area contributed by atoms with E-state index in [0.717, 1.165) is 42.4 Å². The third-order valence-electron chi connectivity index (χ3n) is 6.25. The molecular weight excluding hydrogens is 408 g/mol. The maximum absolute atomic E-state index is 13.4. The first kappa shape index (κ1) is 20.4. The number of rotatable bonds is 4. The Balaban J connectivity index is 1.65. The van der Waals surface area contributed by atoms with Gasteiger partial charge in [0.1, 0.15) is 5.75 Å². The molecule has 0 N–H and O–H groups in total. The summed E-state index contributed by atoms with van der Waals surface area (Å²) in [7, 11) is 0. The van der Waals surface area contributed by atoms with Crippen LogP contribution in [0.15, 0.2) is 34.5 Å². The van der Waals surface area contributed by atoms with Gasteiger partial charge in [-0.2, -0.15) is 10.2 Å². The Morgan fingerprint density at radius 2 is 1.69 bits per heavy atom. The predicted molar refractivity (Wildman–Crippen MR) is 119 cm³/mol. The van der Waals surface area contributed by atoms with Crippen molar-refractivity contribution in [2.24, 2.45) is 10.2 Å². The van der Waals surface area contributed by atoms with Crippen LogP contribution in [0.2, 0.25) is 0 Å². The Morgan fingerprint density at radius 1 is 1.00 bits per heavy atom. The number of fused-ring (bicyclic) bond motifs is 4. The lowest BCUT2D eigenvalue weighted by Crippen LogP contribution is -2.71. The van der Waals surface area contributed by atoms with Crippen LogP contribution in [0.25, 0.3) is 22.5 Å². The molecule has 0 aromatic heterocycles. The molecule has 0 bridgehead atoms. The summed E-state index contributed by atoms with van der Waals surface area (Å²) in [5, 5.41) is 12.1. The third-order valence-corrected chi connectivity index (χ3v) is 6.25. The van der Waals surface area contributed by atoms with E-state index in [1.165, 1.54) is 0 Å². The second-order valence-electron chi connectivity index (χ2n) is 8.39. The molecule has 5 rings (SSSR count). The van der Waals surface area contributed by atoms with E-state index in [0.29, 0.717) is 18.6 Å². The molecule has 4 amide bonds. The lowest BCUT2D eigenvalue weighted by Gasteiger charge is -2.44. The van der Waals surface area contributed by atoms with Crippen molar-refractivity contribution in [3.8, 4) is 5.75 Å². The first-order valence-electron chi connectivity index (χ1n) is 11.0. The van der Waals surface area contributed by atoms with Crippen LogP contribution in [0, 0.1) is 0 Å². The van der Waals surface area contributed by atoms with Gasteiger partial charge in [0.25, 0.3) is 17.4 Å². The summed E-state index contributed by atoms with van der Waals surface area (Å²) >= 11 is 0. The van der Waals surface area contributed by atoms with E-state index in [4.69, 9.17) is 4.74 Å². The van der Waals surface area contributed by atoms with Crippen molar-refractivity contribution in [2.75, 3.05) is 13.1 Å². The van der Waals surface area contributed by atoms with E-state index in [1.54, 1.807) is 6.07 Å². The molecule has 3 aliphatic heterocycles. The van der Waals surface area contributed by atoms with Crippen LogP contribution in [0.3, 0.4) is 0 Å². The van der Waals surface area contributed by atoms with Gasteiger partial charge in [-0.3, -0.25) is 19.4 Å². The average molecular weight is 432 g/mol. The molecule has 0 saturated carbocycles. The molecule has 32 heavy (non-hydrogen) atoms. The highest BCUT2D eigenvalue weighted by atomic mass is 16.5. The SMILES string of the molecule is CCCN1C(=O)N(CCC)C(=O)C2(CC=c3c(ccc4cc5c(cc34)=C(C)N=N5)O2)C1=O. The van der Waals surface area contributed by atoms with Crippen molar-refractivity contribution in [1.29, 1.82) is 0 Å². The number of carbonyl (C=O) groups excluding carboxylic acids is 3. The van der Waals surface area contributed by atoms with Gasteiger partial charge < -0.3 is 4.74 Å². The Labute approximate surface area is 184 Å². The van der Waals surface area contributed by atoms with E-state index in [1.807, 2.05) is 45.0 Å². The molecular formula is C24H24N4O4. The molecule has 1 spiro atoms. The number of hydrogen-bond acceptors (Lipinski definition) is 6. The molecule has 3 aliphatic rings. The number of ether oxygens (including phenoxy) is 1. The van der Waals surface area contributed by atoms with Crippen molar-refractivity contribution in [3.05, 3.63) is 34.7 Å². The standard InChI is InChI=1S/C24H24N4O4/c1-4-10-27-21(29)24(22(30)28(11-5-2)23(27)31)9-8-16-18-13-17-14(3)25-26-19(17)12-15(18)6-7-20(16)32-24/h6-8,12-13H,4-5,9-11H2,1-3H3. The number of barbiturate groups is 1. The molecule has 3 heterocycles. The molecule has 164 valence electrons. The summed E-state index contributed by atoms with van der Waals surface area (Å²) in [6.45, 7) is 6.18. The van der Waals surface area contributed by atoms with Crippen molar-refractivity contribution < 1.29 is 19.1 Å². The van der Waals surface area contributed by atoms with Crippen molar-refractivity contribution in [2.45, 2.75) is 45.6 Å². The Morgan fingerprint density at radius 3 is 2.34 bits per heavy atom. The van der Waals surface area contributed by atoms with Crippen LogP contribution in [0.1, 0.15) is 40.0 Å². The van der Waals surface area contributed by atoms with E-state index in [9.17, 15) is 14.4 Å². The van der Waals surface area contributed by atoms with Gasteiger partial charge in [-0.05, 0) is 48.7 Å². The smallest absolute Gasteiger partial charge is 0.333 e. The predicted octanol–water partition coefficient (Wildman–Crippen LogP) is 2.98. The van der Waals surface area contributed by atoms with Gasteiger partial charge in [0.15, 0.2) is 0 Å². The maximum Gasteiger partial charge on any atom is 0.333 e. The first-order chi connectivity index (χ1) is 15.4. The summed E-state index contributed by atoms with van der Waals surface area (Å²) in [5.41, 5.74) is -0.0819. The normalized spacial score (nSPS) is 18.8. The number of carbonyl (C=O) groups is 3. The van der Waals surface area contributed by atoms with Crippen LogP contribution in [-0.4, -0.2) is 46.3 Å². The number of amides is 4. The largest absolute Gasteiger partial charge is 0.466 e.